The Hall–Kier alpha value is 0.270. The zero-order valence-electron chi connectivity index (χ0n) is 8.50. The van der Waals surface area contributed by atoms with Crippen molar-refractivity contribution in [3.63, 3.8) is 0 Å². The highest BCUT2D eigenvalue weighted by molar-refractivity contribution is 7.99. The van der Waals surface area contributed by atoms with E-state index in [0.717, 1.165) is 13.0 Å². The van der Waals surface area contributed by atoms with Gasteiger partial charge in [-0.3, -0.25) is 0 Å². The Kier molecular flexibility index (Phi) is 5.83. The molecule has 78 valence electrons. The van der Waals surface area contributed by atoms with Gasteiger partial charge in [-0.25, -0.2) is 0 Å². The molecule has 3 heteroatoms. The van der Waals surface area contributed by atoms with Gasteiger partial charge in [0.1, 0.15) is 0 Å². The van der Waals surface area contributed by atoms with Crippen LogP contribution >= 0.6 is 11.8 Å². The molecule has 0 spiro atoms. The van der Waals surface area contributed by atoms with Gasteiger partial charge in [0.2, 0.25) is 0 Å². The van der Waals surface area contributed by atoms with Crippen LogP contribution < -0.4 is 5.73 Å². The van der Waals surface area contributed by atoms with E-state index < -0.39 is 0 Å². The van der Waals surface area contributed by atoms with Crippen molar-refractivity contribution in [2.45, 2.75) is 44.8 Å². The zero-order chi connectivity index (χ0) is 9.52. The van der Waals surface area contributed by atoms with E-state index in [1.165, 1.54) is 30.8 Å². The van der Waals surface area contributed by atoms with Crippen molar-refractivity contribution in [1.82, 2.24) is 0 Å². The summed E-state index contributed by atoms with van der Waals surface area (Å²) in [6, 6.07) is 0.364. The van der Waals surface area contributed by atoms with Crippen LogP contribution in [0, 0.1) is 0 Å². The van der Waals surface area contributed by atoms with Crippen LogP contribution in [-0.4, -0.2) is 30.3 Å². The van der Waals surface area contributed by atoms with Crippen LogP contribution in [0.1, 0.15) is 32.6 Å². The molecule has 1 rings (SSSR count). The molecule has 0 radical (unpaired) electrons. The third-order valence-electron chi connectivity index (χ3n) is 2.28. The van der Waals surface area contributed by atoms with Crippen LogP contribution in [0.15, 0.2) is 0 Å². The fraction of sp³-hybridized carbons (Fsp3) is 1.00. The van der Waals surface area contributed by atoms with Gasteiger partial charge in [0.05, 0.1) is 6.10 Å². The zero-order valence-corrected chi connectivity index (χ0v) is 9.31. The normalized spacial score (nSPS) is 24.9. The van der Waals surface area contributed by atoms with Gasteiger partial charge in [-0.05, 0) is 38.4 Å². The Labute approximate surface area is 85.6 Å². The highest BCUT2D eigenvalue weighted by Crippen LogP contribution is 2.17. The number of rotatable bonds is 6. The van der Waals surface area contributed by atoms with E-state index in [0.29, 0.717) is 12.1 Å². The molecule has 1 heterocycles. The third kappa shape index (κ3) is 5.55. The van der Waals surface area contributed by atoms with Crippen molar-refractivity contribution < 1.29 is 4.74 Å². The van der Waals surface area contributed by atoms with Gasteiger partial charge in [-0.1, -0.05) is 0 Å². The molecule has 2 nitrogen and oxygen atoms in total. The second-order valence-electron chi connectivity index (χ2n) is 3.83. The Bertz CT molecular complexity index is 124. The minimum atomic E-state index is 0.364. The van der Waals surface area contributed by atoms with E-state index >= 15 is 0 Å². The maximum atomic E-state index is 5.66. The first-order chi connectivity index (χ1) is 6.29. The highest BCUT2D eigenvalue weighted by atomic mass is 32.2. The smallest absolute Gasteiger partial charge is 0.0666 e. The van der Waals surface area contributed by atoms with Crippen LogP contribution in [0.4, 0.5) is 0 Å². The average molecular weight is 203 g/mol. The van der Waals surface area contributed by atoms with Crippen molar-refractivity contribution in [3.8, 4) is 0 Å². The van der Waals surface area contributed by atoms with Crippen molar-refractivity contribution in [3.05, 3.63) is 0 Å². The van der Waals surface area contributed by atoms with Gasteiger partial charge in [0, 0.05) is 18.4 Å². The van der Waals surface area contributed by atoms with E-state index in [2.05, 4.69) is 6.92 Å². The second kappa shape index (κ2) is 6.68. The molecule has 0 aromatic rings. The molecule has 0 aromatic heterocycles. The Morgan fingerprint density at radius 3 is 3.08 bits per heavy atom. The predicted octanol–water partition coefficient (Wildman–Crippen LogP) is 2.03. The minimum Gasteiger partial charge on any atom is -0.377 e. The lowest BCUT2D eigenvalue weighted by Gasteiger charge is -2.08. The lowest BCUT2D eigenvalue weighted by atomic mass is 10.2. The molecular formula is C10H21NOS. The topological polar surface area (TPSA) is 35.2 Å². The van der Waals surface area contributed by atoms with Crippen LogP contribution in [0.5, 0.6) is 0 Å². The molecular weight excluding hydrogens is 182 g/mol. The number of nitrogens with two attached hydrogens (primary N) is 1. The summed E-state index contributed by atoms with van der Waals surface area (Å²) in [5.41, 5.74) is 5.66. The Morgan fingerprint density at radius 1 is 1.62 bits per heavy atom. The molecule has 1 aliphatic rings. The van der Waals surface area contributed by atoms with Gasteiger partial charge >= 0.3 is 0 Å². The monoisotopic (exact) mass is 203 g/mol. The lowest BCUT2D eigenvalue weighted by molar-refractivity contribution is 0.129. The maximum absolute atomic E-state index is 5.66. The molecule has 1 aliphatic heterocycles. The van der Waals surface area contributed by atoms with Gasteiger partial charge < -0.3 is 10.5 Å². The third-order valence-corrected chi connectivity index (χ3v) is 3.46. The van der Waals surface area contributed by atoms with E-state index in [4.69, 9.17) is 10.5 Å². The van der Waals surface area contributed by atoms with Gasteiger partial charge in [-0.15, -0.1) is 0 Å². The van der Waals surface area contributed by atoms with Crippen molar-refractivity contribution in [1.29, 1.82) is 0 Å². The van der Waals surface area contributed by atoms with Crippen LogP contribution in [-0.2, 0) is 4.74 Å². The summed E-state index contributed by atoms with van der Waals surface area (Å²) >= 11 is 2.01. The summed E-state index contributed by atoms with van der Waals surface area (Å²) in [5.74, 6) is 2.42. The first-order valence-corrected chi connectivity index (χ1v) is 6.39. The van der Waals surface area contributed by atoms with E-state index in [1.807, 2.05) is 11.8 Å². The summed E-state index contributed by atoms with van der Waals surface area (Å²) in [6.07, 6.45) is 5.46. The number of thioether (sulfide) groups is 1. The molecule has 13 heavy (non-hydrogen) atoms. The molecule has 1 fully saturated rings. The van der Waals surface area contributed by atoms with Gasteiger partial charge in [-0.2, -0.15) is 11.8 Å². The lowest BCUT2D eigenvalue weighted by Crippen LogP contribution is -2.14. The van der Waals surface area contributed by atoms with Gasteiger partial charge in [0.15, 0.2) is 0 Å². The fourth-order valence-corrected chi connectivity index (χ4v) is 2.56. The summed E-state index contributed by atoms with van der Waals surface area (Å²) in [4.78, 5) is 0. The summed E-state index contributed by atoms with van der Waals surface area (Å²) < 4.78 is 5.54. The van der Waals surface area contributed by atoms with Gasteiger partial charge in [0.25, 0.3) is 0 Å². The molecule has 2 unspecified atom stereocenters. The SMILES string of the molecule is CC(N)CCCSCC1CCCO1. The summed E-state index contributed by atoms with van der Waals surface area (Å²) in [5, 5.41) is 0. The molecule has 2 N–H and O–H groups in total. The Balaban J connectivity index is 1.83. The molecule has 2 atom stereocenters. The molecule has 1 saturated heterocycles. The van der Waals surface area contributed by atoms with Crippen LogP contribution in [0.25, 0.3) is 0 Å². The maximum Gasteiger partial charge on any atom is 0.0666 e. The first-order valence-electron chi connectivity index (χ1n) is 5.24. The average Bonchev–Trinajstić information content (AvgIpc) is 2.55. The van der Waals surface area contributed by atoms with E-state index in [9.17, 15) is 0 Å². The molecule has 0 saturated carbocycles. The number of hydrogen-bond acceptors (Lipinski definition) is 3. The predicted molar refractivity (Wildman–Crippen MR) is 59.2 cm³/mol. The fourth-order valence-electron chi connectivity index (χ4n) is 1.50. The van der Waals surface area contributed by atoms with Crippen LogP contribution in [0.2, 0.25) is 0 Å². The van der Waals surface area contributed by atoms with Crippen molar-refractivity contribution in [2.75, 3.05) is 18.1 Å². The molecule has 0 aliphatic carbocycles. The first kappa shape index (κ1) is 11.3. The standard InChI is InChI=1S/C10H21NOS/c1-9(11)4-3-7-13-8-10-5-2-6-12-10/h9-10H,2-8,11H2,1H3. The molecule has 0 amide bonds. The number of ether oxygens (including phenoxy) is 1. The quantitative estimate of drug-likeness (QED) is 0.671. The summed E-state index contributed by atoms with van der Waals surface area (Å²) in [6.45, 7) is 3.05. The number of hydrogen-bond donors (Lipinski definition) is 1. The minimum absolute atomic E-state index is 0.364. The van der Waals surface area contributed by atoms with Crippen molar-refractivity contribution >= 4 is 11.8 Å². The molecule has 0 aromatic carbocycles. The largest absolute Gasteiger partial charge is 0.377 e. The second-order valence-corrected chi connectivity index (χ2v) is 4.98. The molecule has 0 bridgehead atoms. The highest BCUT2D eigenvalue weighted by Gasteiger charge is 2.14. The van der Waals surface area contributed by atoms with Crippen LogP contribution in [0.3, 0.4) is 0 Å². The Morgan fingerprint density at radius 2 is 2.46 bits per heavy atom. The van der Waals surface area contributed by atoms with Crippen molar-refractivity contribution in [2.24, 2.45) is 5.73 Å². The van der Waals surface area contributed by atoms with E-state index in [1.54, 1.807) is 0 Å². The van der Waals surface area contributed by atoms with E-state index in [-0.39, 0.29) is 0 Å². The summed E-state index contributed by atoms with van der Waals surface area (Å²) in [7, 11) is 0.